The van der Waals surface area contributed by atoms with Gasteiger partial charge >= 0.3 is 0 Å². The van der Waals surface area contributed by atoms with E-state index in [1.807, 2.05) is 4.90 Å². The van der Waals surface area contributed by atoms with Gasteiger partial charge in [-0.05, 0) is 12.2 Å². The summed E-state index contributed by atoms with van der Waals surface area (Å²) in [6.07, 6.45) is 4.67. The number of dihydropyridines is 1. The highest BCUT2D eigenvalue weighted by Gasteiger charge is 2.26. The maximum absolute atomic E-state index is 11.3. The Morgan fingerprint density at radius 2 is 2.58 bits per heavy atom. The Kier molecular flexibility index (Phi) is 2.01. The average Bonchev–Trinajstić information content (AvgIpc) is 2.57. The standard InChI is InChI=1S/C8H11N3O/c12-7-2-1-3-10-8(7)11-5-4-9-6-11/h1-3,8-9H,4-6H2. The molecule has 0 aromatic carbocycles. The van der Waals surface area contributed by atoms with E-state index in [0.717, 1.165) is 19.8 Å². The molecule has 1 fully saturated rings. The Hall–Kier alpha value is -1.00. The van der Waals surface area contributed by atoms with Crippen molar-refractivity contribution in [1.29, 1.82) is 0 Å². The van der Waals surface area contributed by atoms with Crippen molar-refractivity contribution in [1.82, 2.24) is 10.2 Å². The molecule has 0 aliphatic carbocycles. The molecule has 64 valence electrons. The van der Waals surface area contributed by atoms with Gasteiger partial charge in [-0.15, -0.1) is 0 Å². The van der Waals surface area contributed by atoms with E-state index >= 15 is 0 Å². The number of nitrogens with zero attached hydrogens (tertiary/aromatic N) is 2. The molecule has 1 unspecified atom stereocenters. The van der Waals surface area contributed by atoms with Crippen LogP contribution in [-0.4, -0.2) is 42.8 Å². The lowest BCUT2D eigenvalue weighted by Crippen LogP contribution is -2.39. The predicted octanol–water partition coefficient (Wildman–Crippen LogP) is -0.615. The lowest BCUT2D eigenvalue weighted by molar-refractivity contribution is -0.119. The van der Waals surface area contributed by atoms with Gasteiger partial charge in [0.1, 0.15) is 0 Å². The fourth-order valence-electron chi connectivity index (χ4n) is 1.44. The second kappa shape index (κ2) is 3.16. The van der Waals surface area contributed by atoms with Crippen molar-refractivity contribution in [2.24, 2.45) is 4.99 Å². The first-order valence-electron chi connectivity index (χ1n) is 4.06. The van der Waals surface area contributed by atoms with Gasteiger partial charge in [-0.3, -0.25) is 14.7 Å². The van der Waals surface area contributed by atoms with E-state index in [0.29, 0.717) is 0 Å². The van der Waals surface area contributed by atoms with Gasteiger partial charge in [-0.25, -0.2) is 0 Å². The van der Waals surface area contributed by atoms with Gasteiger partial charge in [0.25, 0.3) is 0 Å². The molecule has 0 saturated carbocycles. The van der Waals surface area contributed by atoms with Gasteiger partial charge in [0.15, 0.2) is 11.9 Å². The average molecular weight is 165 g/mol. The minimum absolute atomic E-state index is 0.0844. The normalized spacial score (nSPS) is 30.0. The van der Waals surface area contributed by atoms with Crippen LogP contribution in [-0.2, 0) is 4.79 Å². The van der Waals surface area contributed by atoms with Gasteiger partial charge in [0.05, 0.1) is 6.67 Å². The third-order valence-electron chi connectivity index (χ3n) is 2.06. The van der Waals surface area contributed by atoms with Crippen molar-refractivity contribution in [2.75, 3.05) is 19.8 Å². The molecule has 0 bridgehead atoms. The SMILES string of the molecule is O=C1C=CC=NC1N1CCNC1. The van der Waals surface area contributed by atoms with Crippen molar-refractivity contribution >= 4 is 12.0 Å². The largest absolute Gasteiger partial charge is 0.303 e. The number of hydrogen-bond donors (Lipinski definition) is 1. The number of nitrogens with one attached hydrogen (secondary N) is 1. The highest BCUT2D eigenvalue weighted by Crippen LogP contribution is 2.07. The van der Waals surface area contributed by atoms with E-state index < -0.39 is 0 Å². The summed E-state index contributed by atoms with van der Waals surface area (Å²) >= 11 is 0. The summed E-state index contributed by atoms with van der Waals surface area (Å²) < 4.78 is 0. The zero-order chi connectivity index (χ0) is 8.39. The molecule has 2 aliphatic rings. The van der Waals surface area contributed by atoms with E-state index in [1.54, 1.807) is 18.4 Å². The third kappa shape index (κ3) is 1.31. The number of hydrogen-bond acceptors (Lipinski definition) is 4. The van der Waals surface area contributed by atoms with Gasteiger partial charge in [-0.1, -0.05) is 0 Å². The number of allylic oxidation sites excluding steroid dienone is 1. The van der Waals surface area contributed by atoms with E-state index in [2.05, 4.69) is 10.3 Å². The molecule has 2 aliphatic heterocycles. The van der Waals surface area contributed by atoms with E-state index in [-0.39, 0.29) is 11.9 Å². The molecule has 0 aromatic rings. The minimum Gasteiger partial charge on any atom is -0.303 e. The van der Waals surface area contributed by atoms with E-state index in [1.165, 1.54) is 0 Å². The van der Waals surface area contributed by atoms with Gasteiger partial charge < -0.3 is 5.32 Å². The minimum atomic E-state index is -0.273. The first-order valence-corrected chi connectivity index (χ1v) is 4.06. The van der Waals surface area contributed by atoms with Crippen molar-refractivity contribution in [3.8, 4) is 0 Å². The molecule has 0 radical (unpaired) electrons. The summed E-state index contributed by atoms with van der Waals surface area (Å²) in [6, 6.07) is 0. The Morgan fingerprint density at radius 3 is 3.25 bits per heavy atom. The molecule has 4 nitrogen and oxygen atoms in total. The highest BCUT2D eigenvalue weighted by atomic mass is 16.1. The van der Waals surface area contributed by atoms with Crippen LogP contribution in [0.25, 0.3) is 0 Å². The molecular formula is C8H11N3O. The van der Waals surface area contributed by atoms with Crippen LogP contribution < -0.4 is 5.32 Å². The molecule has 2 rings (SSSR count). The Labute approximate surface area is 71.0 Å². The van der Waals surface area contributed by atoms with E-state index in [4.69, 9.17) is 0 Å². The summed E-state index contributed by atoms with van der Waals surface area (Å²) in [7, 11) is 0. The van der Waals surface area contributed by atoms with Crippen molar-refractivity contribution in [3.63, 3.8) is 0 Å². The van der Waals surface area contributed by atoms with Gasteiger partial charge in [0.2, 0.25) is 0 Å². The Morgan fingerprint density at radius 1 is 1.67 bits per heavy atom. The quantitative estimate of drug-likeness (QED) is 0.563. The third-order valence-corrected chi connectivity index (χ3v) is 2.06. The lowest BCUT2D eigenvalue weighted by atomic mass is 10.2. The molecule has 2 heterocycles. The number of ketones is 1. The zero-order valence-corrected chi connectivity index (χ0v) is 6.73. The molecule has 1 saturated heterocycles. The monoisotopic (exact) mass is 165 g/mol. The number of rotatable bonds is 1. The van der Waals surface area contributed by atoms with Crippen LogP contribution in [0.1, 0.15) is 0 Å². The highest BCUT2D eigenvalue weighted by molar-refractivity contribution is 6.00. The second-order valence-electron chi connectivity index (χ2n) is 2.90. The van der Waals surface area contributed by atoms with Crippen molar-refractivity contribution in [2.45, 2.75) is 6.17 Å². The van der Waals surface area contributed by atoms with Gasteiger partial charge in [0, 0.05) is 19.3 Å². The summed E-state index contributed by atoms with van der Waals surface area (Å²) in [5, 5.41) is 3.17. The van der Waals surface area contributed by atoms with Crippen LogP contribution in [0.3, 0.4) is 0 Å². The smallest absolute Gasteiger partial charge is 0.194 e. The molecule has 0 aromatic heterocycles. The van der Waals surface area contributed by atoms with Crippen molar-refractivity contribution < 1.29 is 4.79 Å². The molecular weight excluding hydrogens is 154 g/mol. The second-order valence-corrected chi connectivity index (χ2v) is 2.90. The van der Waals surface area contributed by atoms with Crippen LogP contribution in [0.2, 0.25) is 0 Å². The number of carbonyl (C=O) groups excluding carboxylic acids is 1. The van der Waals surface area contributed by atoms with Crippen molar-refractivity contribution in [3.05, 3.63) is 12.2 Å². The molecule has 12 heavy (non-hydrogen) atoms. The summed E-state index contributed by atoms with van der Waals surface area (Å²) in [4.78, 5) is 17.5. The zero-order valence-electron chi connectivity index (χ0n) is 6.73. The van der Waals surface area contributed by atoms with Crippen LogP contribution >= 0.6 is 0 Å². The van der Waals surface area contributed by atoms with Crippen LogP contribution in [0.15, 0.2) is 17.1 Å². The number of carbonyl (C=O) groups is 1. The summed E-state index contributed by atoms with van der Waals surface area (Å²) in [5.41, 5.74) is 0. The topological polar surface area (TPSA) is 44.7 Å². The van der Waals surface area contributed by atoms with Crippen LogP contribution in [0.5, 0.6) is 0 Å². The fraction of sp³-hybridized carbons (Fsp3) is 0.500. The Balaban J connectivity index is 2.07. The summed E-state index contributed by atoms with van der Waals surface area (Å²) in [5.74, 6) is 0.0844. The molecule has 0 spiro atoms. The summed E-state index contributed by atoms with van der Waals surface area (Å²) in [6.45, 7) is 2.62. The molecule has 0 amide bonds. The van der Waals surface area contributed by atoms with E-state index in [9.17, 15) is 4.79 Å². The maximum atomic E-state index is 11.3. The molecule has 1 atom stereocenters. The maximum Gasteiger partial charge on any atom is 0.194 e. The van der Waals surface area contributed by atoms with Crippen LogP contribution in [0, 0.1) is 0 Å². The lowest BCUT2D eigenvalue weighted by Gasteiger charge is -2.21. The molecule has 4 heteroatoms. The molecule has 1 N–H and O–H groups in total. The fourth-order valence-corrected chi connectivity index (χ4v) is 1.44. The Bertz CT molecular complexity index is 241. The number of aliphatic imine (C=N–C) groups is 1. The first kappa shape index (κ1) is 7.64. The van der Waals surface area contributed by atoms with Crippen LogP contribution in [0.4, 0.5) is 0 Å². The van der Waals surface area contributed by atoms with Gasteiger partial charge in [-0.2, -0.15) is 0 Å². The predicted molar refractivity (Wildman–Crippen MR) is 46.0 cm³/mol. The first-order chi connectivity index (χ1) is 5.88.